The molecule has 40 valence electrons. The van der Waals surface area contributed by atoms with Crippen LogP contribution in [0.15, 0.2) is 12.3 Å². The van der Waals surface area contributed by atoms with E-state index in [0.717, 1.165) is 0 Å². The second kappa shape index (κ2) is 1.21. The molecular formula is C4H7NO2. The van der Waals surface area contributed by atoms with Crippen molar-refractivity contribution in [3.63, 3.8) is 0 Å². The molecule has 0 spiro atoms. The van der Waals surface area contributed by atoms with E-state index in [-0.39, 0.29) is 0 Å². The molecule has 0 aromatic heterocycles. The highest BCUT2D eigenvalue weighted by Crippen LogP contribution is 2.07. The Kier molecular flexibility index (Phi) is 0.800. The molecule has 0 bridgehead atoms. The third-order valence-corrected chi connectivity index (χ3v) is 0.817. The van der Waals surface area contributed by atoms with E-state index in [9.17, 15) is 5.21 Å². The molecule has 1 aliphatic heterocycles. The zero-order valence-electron chi connectivity index (χ0n) is 4.13. The van der Waals surface area contributed by atoms with Gasteiger partial charge in [-0.2, -0.15) is 4.81 Å². The molecule has 0 saturated heterocycles. The van der Waals surface area contributed by atoms with Crippen LogP contribution in [0.25, 0.3) is 0 Å². The lowest BCUT2D eigenvalue weighted by atomic mass is 10.6. The maximum Gasteiger partial charge on any atom is 0.156 e. The van der Waals surface area contributed by atoms with E-state index in [1.807, 2.05) is 0 Å². The summed E-state index contributed by atoms with van der Waals surface area (Å²) in [4.78, 5) is 3.93. The molecule has 0 aromatic carbocycles. The van der Waals surface area contributed by atoms with Crippen molar-refractivity contribution in [1.29, 1.82) is 0 Å². The number of hydrogen-bond acceptors (Lipinski definition) is 2. The molecule has 7 heavy (non-hydrogen) atoms. The van der Waals surface area contributed by atoms with Crippen LogP contribution in [-0.4, -0.2) is 18.4 Å². The van der Waals surface area contributed by atoms with Crippen molar-refractivity contribution in [3.8, 4) is 0 Å². The van der Waals surface area contributed by atoms with E-state index in [1.54, 1.807) is 6.08 Å². The van der Waals surface area contributed by atoms with Gasteiger partial charge in [0.2, 0.25) is 0 Å². The lowest BCUT2D eigenvalue weighted by molar-refractivity contribution is -1.03. The van der Waals surface area contributed by atoms with Gasteiger partial charge in [-0.15, -0.1) is 0 Å². The second-order valence-electron chi connectivity index (χ2n) is 1.67. The highest BCUT2D eigenvalue weighted by Gasteiger charge is 2.11. The lowest BCUT2D eigenvalue weighted by Crippen LogP contribution is -2.31. The maximum atomic E-state index is 10.6. The average molecular weight is 101 g/mol. The monoisotopic (exact) mass is 101 g/mol. The summed E-state index contributed by atoms with van der Waals surface area (Å²) in [5.74, 6) is 0. The van der Waals surface area contributed by atoms with Gasteiger partial charge in [0.15, 0.2) is 6.26 Å². The Hall–Kier alpha value is -0.540. The number of rotatable bonds is 0. The number of likely N-dealkylation sites (N-methyl/N-ethyl adjacent to an activating group) is 1. The first-order chi connectivity index (χ1) is 3.21. The SMILES string of the molecule is C[N+]1([O-])CC=CO1. The molecule has 1 aliphatic rings. The average Bonchev–Trinajstić information content (AvgIpc) is 1.84. The fraction of sp³-hybridized carbons (Fsp3) is 0.500. The van der Waals surface area contributed by atoms with Crippen LogP contribution in [0.4, 0.5) is 0 Å². The van der Waals surface area contributed by atoms with Crippen LogP contribution in [0, 0.1) is 5.21 Å². The van der Waals surface area contributed by atoms with E-state index in [4.69, 9.17) is 0 Å². The van der Waals surface area contributed by atoms with Gasteiger partial charge in [-0.05, 0) is 0 Å². The smallest absolute Gasteiger partial charge is 0.156 e. The number of hydroxylamine groups is 4. The van der Waals surface area contributed by atoms with Gasteiger partial charge in [-0.3, -0.25) is 0 Å². The van der Waals surface area contributed by atoms with Gasteiger partial charge in [0.05, 0.1) is 0 Å². The normalized spacial score (nSPS) is 38.6. The van der Waals surface area contributed by atoms with Gasteiger partial charge in [0, 0.05) is 6.08 Å². The quantitative estimate of drug-likeness (QED) is 0.326. The summed E-state index contributed by atoms with van der Waals surface area (Å²) in [7, 11) is 1.46. The van der Waals surface area contributed by atoms with Crippen LogP contribution in [0.3, 0.4) is 0 Å². The van der Waals surface area contributed by atoms with Crippen molar-refractivity contribution in [2.45, 2.75) is 0 Å². The minimum Gasteiger partial charge on any atom is -0.589 e. The standard InChI is InChI=1S/C4H7NO2/c1-5(6)3-2-4-7-5/h2,4H,3H2,1H3. The van der Waals surface area contributed by atoms with Crippen molar-refractivity contribution < 1.29 is 9.65 Å². The minimum atomic E-state index is -0.611. The molecule has 0 aliphatic carbocycles. The first-order valence-corrected chi connectivity index (χ1v) is 2.11. The van der Waals surface area contributed by atoms with Crippen molar-refractivity contribution in [3.05, 3.63) is 17.5 Å². The van der Waals surface area contributed by atoms with Gasteiger partial charge in [0.1, 0.15) is 13.6 Å². The molecule has 0 saturated carbocycles. The van der Waals surface area contributed by atoms with Crippen molar-refractivity contribution in [1.82, 2.24) is 0 Å². The Balaban J connectivity index is 2.49. The van der Waals surface area contributed by atoms with Crippen LogP contribution in [-0.2, 0) is 4.84 Å². The van der Waals surface area contributed by atoms with Crippen LogP contribution in [0.1, 0.15) is 0 Å². The zero-order chi connectivity index (χ0) is 5.33. The Bertz CT molecular complexity index is 87.9. The molecule has 0 amide bonds. The molecule has 0 N–H and O–H groups in total. The van der Waals surface area contributed by atoms with Gasteiger partial charge in [-0.1, -0.05) is 0 Å². The van der Waals surface area contributed by atoms with E-state index in [2.05, 4.69) is 4.84 Å². The molecule has 1 unspecified atom stereocenters. The van der Waals surface area contributed by atoms with Gasteiger partial charge < -0.3 is 10.0 Å². The van der Waals surface area contributed by atoms with Crippen LogP contribution >= 0.6 is 0 Å². The molecule has 0 aromatic rings. The largest absolute Gasteiger partial charge is 0.589 e. The Morgan fingerprint density at radius 3 is 2.71 bits per heavy atom. The predicted octanol–water partition coefficient (Wildman–Crippen LogP) is 0.390. The Labute approximate surface area is 41.9 Å². The molecule has 0 radical (unpaired) electrons. The van der Waals surface area contributed by atoms with Gasteiger partial charge >= 0.3 is 0 Å². The lowest BCUT2D eigenvalue weighted by Gasteiger charge is -2.27. The topological polar surface area (TPSA) is 32.3 Å². The highest BCUT2D eigenvalue weighted by atomic mass is 16.9. The second-order valence-corrected chi connectivity index (χ2v) is 1.67. The Morgan fingerprint density at radius 2 is 2.57 bits per heavy atom. The van der Waals surface area contributed by atoms with E-state index >= 15 is 0 Å². The summed E-state index contributed by atoms with van der Waals surface area (Å²) in [6.45, 7) is 0.431. The van der Waals surface area contributed by atoms with Crippen molar-refractivity contribution in [2.24, 2.45) is 0 Å². The third kappa shape index (κ3) is 0.913. The van der Waals surface area contributed by atoms with E-state index in [0.29, 0.717) is 6.54 Å². The first-order valence-electron chi connectivity index (χ1n) is 2.11. The van der Waals surface area contributed by atoms with Gasteiger partial charge in [0.25, 0.3) is 0 Å². The fourth-order valence-electron chi connectivity index (χ4n) is 0.449. The third-order valence-electron chi connectivity index (χ3n) is 0.817. The molecule has 0 fully saturated rings. The summed E-state index contributed by atoms with van der Waals surface area (Å²) in [6, 6.07) is 0. The Morgan fingerprint density at radius 1 is 1.86 bits per heavy atom. The predicted molar refractivity (Wildman–Crippen MR) is 24.6 cm³/mol. The molecular weight excluding hydrogens is 94.0 g/mol. The summed E-state index contributed by atoms with van der Waals surface area (Å²) >= 11 is 0. The highest BCUT2D eigenvalue weighted by molar-refractivity contribution is 4.75. The summed E-state index contributed by atoms with van der Waals surface area (Å²) < 4.78 is 0. The van der Waals surface area contributed by atoms with Crippen molar-refractivity contribution >= 4 is 0 Å². The van der Waals surface area contributed by atoms with Crippen LogP contribution in [0.5, 0.6) is 0 Å². The summed E-state index contributed by atoms with van der Waals surface area (Å²) in [5.41, 5.74) is 0. The fourth-order valence-corrected chi connectivity index (χ4v) is 0.449. The number of hydrogen-bond donors (Lipinski definition) is 0. The summed E-state index contributed by atoms with van der Waals surface area (Å²) in [6.07, 6.45) is 3.12. The first kappa shape index (κ1) is 4.61. The minimum absolute atomic E-state index is 0.431. The molecule has 3 heteroatoms. The molecule has 1 heterocycles. The number of quaternary nitrogens is 1. The molecule has 1 atom stereocenters. The zero-order valence-corrected chi connectivity index (χ0v) is 4.13. The van der Waals surface area contributed by atoms with E-state index in [1.165, 1.54) is 13.3 Å². The molecule has 3 nitrogen and oxygen atoms in total. The van der Waals surface area contributed by atoms with Crippen LogP contribution < -0.4 is 0 Å². The number of nitrogens with zero attached hydrogens (tertiary/aromatic N) is 1. The maximum absolute atomic E-state index is 10.6. The van der Waals surface area contributed by atoms with Crippen molar-refractivity contribution in [2.75, 3.05) is 13.6 Å². The van der Waals surface area contributed by atoms with Gasteiger partial charge in [-0.25, -0.2) is 0 Å². The van der Waals surface area contributed by atoms with Crippen LogP contribution in [0.2, 0.25) is 0 Å². The summed E-state index contributed by atoms with van der Waals surface area (Å²) in [5, 5.41) is 10.6. The molecule has 1 rings (SSSR count). The van der Waals surface area contributed by atoms with E-state index < -0.39 is 4.81 Å².